The maximum Gasteiger partial charge on any atom is 0.229 e. The number of anilines is 2. The summed E-state index contributed by atoms with van der Waals surface area (Å²) in [5.41, 5.74) is 6.25. The van der Waals surface area contributed by atoms with E-state index in [9.17, 15) is 9.59 Å². The summed E-state index contributed by atoms with van der Waals surface area (Å²) in [6.07, 6.45) is 0.254. The van der Waals surface area contributed by atoms with Crippen molar-refractivity contribution in [2.45, 2.75) is 34.1 Å². The highest BCUT2D eigenvalue weighted by Gasteiger charge is 2.35. The first kappa shape index (κ1) is 17.2. The molecule has 2 amide bonds. The van der Waals surface area contributed by atoms with E-state index >= 15 is 0 Å². The van der Waals surface area contributed by atoms with E-state index in [-0.39, 0.29) is 24.2 Å². The van der Waals surface area contributed by atoms with Gasteiger partial charge in [-0.1, -0.05) is 18.2 Å². The zero-order valence-corrected chi connectivity index (χ0v) is 15.2. The normalized spacial score (nSPS) is 17.0. The molecule has 1 N–H and O–H groups in total. The van der Waals surface area contributed by atoms with Crippen molar-refractivity contribution < 1.29 is 9.59 Å². The fourth-order valence-corrected chi connectivity index (χ4v) is 3.21. The molecule has 0 aromatic heterocycles. The molecule has 4 nitrogen and oxygen atoms in total. The van der Waals surface area contributed by atoms with Crippen LogP contribution in [0.25, 0.3) is 0 Å². The second-order valence-electron chi connectivity index (χ2n) is 6.91. The van der Waals surface area contributed by atoms with Gasteiger partial charge >= 0.3 is 0 Å². The Kier molecular flexibility index (Phi) is 4.62. The number of aryl methyl sites for hydroxylation is 3. The standard InChI is InChI=1S/C21H24N2O2/c1-13-8-9-18(10-15(13)3)22-21(25)17-11-20(24)23(12-17)19-7-5-6-14(2)16(19)4/h5-10,17H,11-12H2,1-4H3,(H,22,25)/t17-/m1/s1. The van der Waals surface area contributed by atoms with Crippen LogP contribution in [0.5, 0.6) is 0 Å². The van der Waals surface area contributed by atoms with Gasteiger partial charge in [-0.2, -0.15) is 0 Å². The third-order valence-corrected chi connectivity index (χ3v) is 5.14. The lowest BCUT2D eigenvalue weighted by molar-refractivity contribution is -0.122. The highest BCUT2D eigenvalue weighted by Crippen LogP contribution is 2.30. The maximum absolute atomic E-state index is 12.6. The van der Waals surface area contributed by atoms with Gasteiger partial charge in [0.2, 0.25) is 11.8 Å². The molecular weight excluding hydrogens is 312 g/mol. The van der Waals surface area contributed by atoms with Crippen molar-refractivity contribution in [1.82, 2.24) is 0 Å². The fourth-order valence-electron chi connectivity index (χ4n) is 3.21. The largest absolute Gasteiger partial charge is 0.326 e. The molecule has 4 heteroatoms. The lowest BCUT2D eigenvalue weighted by Crippen LogP contribution is -2.28. The van der Waals surface area contributed by atoms with Gasteiger partial charge in [0.1, 0.15) is 0 Å². The number of carbonyl (C=O) groups is 2. The van der Waals surface area contributed by atoms with Crippen molar-refractivity contribution in [3.8, 4) is 0 Å². The van der Waals surface area contributed by atoms with Gasteiger partial charge in [0.15, 0.2) is 0 Å². The molecule has 130 valence electrons. The van der Waals surface area contributed by atoms with Crippen molar-refractivity contribution in [2.75, 3.05) is 16.8 Å². The number of amides is 2. The summed E-state index contributed by atoms with van der Waals surface area (Å²) >= 11 is 0. The van der Waals surface area contributed by atoms with Crippen molar-refractivity contribution in [3.05, 3.63) is 58.7 Å². The molecule has 1 fully saturated rings. The van der Waals surface area contributed by atoms with E-state index in [1.165, 1.54) is 5.56 Å². The molecule has 3 rings (SSSR count). The highest BCUT2D eigenvalue weighted by molar-refractivity contribution is 6.03. The highest BCUT2D eigenvalue weighted by atomic mass is 16.2. The van der Waals surface area contributed by atoms with E-state index in [0.29, 0.717) is 6.54 Å². The van der Waals surface area contributed by atoms with Gasteiger partial charge in [-0.15, -0.1) is 0 Å². The number of nitrogens with zero attached hydrogens (tertiary/aromatic N) is 1. The van der Waals surface area contributed by atoms with E-state index in [4.69, 9.17) is 0 Å². The third kappa shape index (κ3) is 3.43. The van der Waals surface area contributed by atoms with E-state index in [2.05, 4.69) is 5.32 Å². The van der Waals surface area contributed by atoms with Crippen molar-refractivity contribution in [1.29, 1.82) is 0 Å². The molecule has 0 unspecified atom stereocenters. The predicted molar refractivity (Wildman–Crippen MR) is 101 cm³/mol. The van der Waals surface area contributed by atoms with E-state index in [1.54, 1.807) is 4.90 Å². The van der Waals surface area contributed by atoms with Gasteiger partial charge in [-0.25, -0.2) is 0 Å². The quantitative estimate of drug-likeness (QED) is 0.924. The lowest BCUT2D eigenvalue weighted by atomic mass is 10.1. The van der Waals surface area contributed by atoms with Gasteiger partial charge < -0.3 is 10.2 Å². The average molecular weight is 336 g/mol. The summed E-state index contributed by atoms with van der Waals surface area (Å²) in [6, 6.07) is 11.8. The summed E-state index contributed by atoms with van der Waals surface area (Å²) in [5.74, 6) is -0.410. The molecule has 0 saturated carbocycles. The van der Waals surface area contributed by atoms with Gasteiger partial charge in [-0.05, 0) is 68.1 Å². The monoisotopic (exact) mass is 336 g/mol. The number of hydrogen-bond donors (Lipinski definition) is 1. The Morgan fingerprint density at radius 2 is 1.80 bits per heavy atom. The van der Waals surface area contributed by atoms with Crippen LogP contribution in [0.3, 0.4) is 0 Å². The van der Waals surface area contributed by atoms with Crippen LogP contribution in [0.1, 0.15) is 28.7 Å². The third-order valence-electron chi connectivity index (χ3n) is 5.14. The van der Waals surface area contributed by atoms with Crippen LogP contribution in [0, 0.1) is 33.6 Å². The zero-order chi connectivity index (χ0) is 18.1. The van der Waals surface area contributed by atoms with E-state index < -0.39 is 0 Å². The Bertz CT molecular complexity index is 842. The van der Waals surface area contributed by atoms with Crippen LogP contribution >= 0.6 is 0 Å². The van der Waals surface area contributed by atoms with Gasteiger partial charge in [0.05, 0.1) is 5.92 Å². The first-order valence-electron chi connectivity index (χ1n) is 8.61. The Morgan fingerprint density at radius 1 is 1.04 bits per heavy atom. The Balaban J connectivity index is 1.74. The summed E-state index contributed by atoms with van der Waals surface area (Å²) < 4.78 is 0. The maximum atomic E-state index is 12.6. The van der Waals surface area contributed by atoms with Crippen LogP contribution in [-0.2, 0) is 9.59 Å². The molecule has 1 aliphatic heterocycles. The van der Waals surface area contributed by atoms with Crippen molar-refractivity contribution in [3.63, 3.8) is 0 Å². The van der Waals surface area contributed by atoms with Gasteiger partial charge in [0, 0.05) is 24.3 Å². The van der Waals surface area contributed by atoms with Crippen molar-refractivity contribution in [2.24, 2.45) is 5.92 Å². The number of benzene rings is 2. The van der Waals surface area contributed by atoms with Gasteiger partial charge in [0.25, 0.3) is 0 Å². The molecule has 0 radical (unpaired) electrons. The molecule has 1 atom stereocenters. The van der Waals surface area contributed by atoms with Crippen LogP contribution in [0.2, 0.25) is 0 Å². The average Bonchev–Trinajstić information content (AvgIpc) is 2.95. The Morgan fingerprint density at radius 3 is 2.52 bits per heavy atom. The molecule has 1 aliphatic rings. The van der Waals surface area contributed by atoms with Crippen LogP contribution in [0.15, 0.2) is 36.4 Å². The molecule has 2 aromatic rings. The summed E-state index contributed by atoms with van der Waals surface area (Å²) in [7, 11) is 0. The molecule has 2 aromatic carbocycles. The lowest BCUT2D eigenvalue weighted by Gasteiger charge is -2.20. The molecule has 0 bridgehead atoms. The van der Waals surface area contributed by atoms with Gasteiger partial charge in [-0.3, -0.25) is 9.59 Å². The minimum atomic E-state index is -0.325. The summed E-state index contributed by atoms with van der Waals surface area (Å²) in [6.45, 7) is 8.54. The number of rotatable bonds is 3. The topological polar surface area (TPSA) is 49.4 Å². The number of hydrogen-bond acceptors (Lipinski definition) is 2. The number of nitrogens with one attached hydrogen (secondary N) is 1. The van der Waals surface area contributed by atoms with Crippen molar-refractivity contribution >= 4 is 23.2 Å². The van der Waals surface area contributed by atoms with E-state index in [1.807, 2.05) is 64.1 Å². The Hall–Kier alpha value is -2.62. The minimum Gasteiger partial charge on any atom is -0.326 e. The first-order valence-corrected chi connectivity index (χ1v) is 8.61. The molecule has 0 aliphatic carbocycles. The summed E-state index contributed by atoms with van der Waals surface area (Å²) in [4.78, 5) is 26.8. The minimum absolute atomic E-state index is 0.00827. The fraction of sp³-hybridized carbons (Fsp3) is 0.333. The molecule has 0 spiro atoms. The SMILES string of the molecule is Cc1ccc(NC(=O)[C@@H]2CC(=O)N(c3cccc(C)c3C)C2)cc1C. The van der Waals surface area contributed by atoms with Crippen LogP contribution in [0.4, 0.5) is 11.4 Å². The molecule has 1 saturated heterocycles. The first-order chi connectivity index (χ1) is 11.9. The van der Waals surface area contributed by atoms with Crippen LogP contribution < -0.4 is 10.2 Å². The van der Waals surface area contributed by atoms with Crippen LogP contribution in [-0.4, -0.2) is 18.4 Å². The molecule has 25 heavy (non-hydrogen) atoms. The molecular formula is C21H24N2O2. The predicted octanol–water partition coefficient (Wildman–Crippen LogP) is 3.91. The van der Waals surface area contributed by atoms with E-state index in [0.717, 1.165) is 28.1 Å². The summed E-state index contributed by atoms with van der Waals surface area (Å²) in [5, 5.41) is 2.95. The number of carbonyl (C=O) groups excluding carboxylic acids is 2. The Labute approximate surface area is 148 Å². The zero-order valence-electron chi connectivity index (χ0n) is 15.2. The second kappa shape index (κ2) is 6.71. The molecule has 1 heterocycles. The smallest absolute Gasteiger partial charge is 0.229 e. The second-order valence-corrected chi connectivity index (χ2v) is 6.91.